The minimum Gasteiger partial charge on any atom is -0.507 e. The van der Waals surface area contributed by atoms with Crippen LogP contribution in [0.2, 0.25) is 0 Å². The topological polar surface area (TPSA) is 69.8 Å². The maximum absolute atomic E-state index is 11.2. The Kier molecular flexibility index (Phi) is 4.27. The second-order valence-corrected chi connectivity index (χ2v) is 5.04. The summed E-state index contributed by atoms with van der Waals surface area (Å²) in [6, 6.07) is 4.95. The summed E-state index contributed by atoms with van der Waals surface area (Å²) in [5.74, 6) is -0.670. The van der Waals surface area contributed by atoms with E-state index in [2.05, 4.69) is 9.80 Å². The Bertz CT molecular complexity index is 456. The molecule has 1 saturated heterocycles. The molecule has 1 fully saturated rings. The largest absolute Gasteiger partial charge is 0.507 e. The summed E-state index contributed by atoms with van der Waals surface area (Å²) >= 11 is 0. The van der Waals surface area contributed by atoms with Crippen LogP contribution < -0.4 is 10.6 Å². The molecule has 3 N–H and O–H groups in total. The van der Waals surface area contributed by atoms with Crippen LogP contribution in [0.25, 0.3) is 0 Å². The number of rotatable bonds is 5. The highest BCUT2D eigenvalue weighted by Crippen LogP contribution is 2.23. The minimum atomic E-state index is -0.604. The third kappa shape index (κ3) is 3.38. The number of likely N-dealkylation sites (tertiary alicyclic amines) is 1. The zero-order valence-corrected chi connectivity index (χ0v) is 11.3. The summed E-state index contributed by atoms with van der Waals surface area (Å²) in [4.78, 5) is 15.7. The molecule has 0 spiro atoms. The van der Waals surface area contributed by atoms with Crippen molar-refractivity contribution in [2.24, 2.45) is 5.73 Å². The third-order valence-electron chi connectivity index (χ3n) is 3.64. The van der Waals surface area contributed by atoms with Crippen LogP contribution in [-0.4, -0.2) is 49.1 Å². The Morgan fingerprint density at radius 1 is 1.42 bits per heavy atom. The highest BCUT2D eigenvalue weighted by atomic mass is 16.3. The van der Waals surface area contributed by atoms with Crippen molar-refractivity contribution in [2.45, 2.75) is 12.8 Å². The molecule has 1 heterocycles. The van der Waals surface area contributed by atoms with E-state index in [-0.39, 0.29) is 11.3 Å². The molecule has 1 aromatic rings. The van der Waals surface area contributed by atoms with Crippen LogP contribution in [0.15, 0.2) is 18.2 Å². The first-order chi connectivity index (χ1) is 9.08. The van der Waals surface area contributed by atoms with E-state index < -0.39 is 5.91 Å². The molecule has 5 nitrogen and oxygen atoms in total. The Hall–Kier alpha value is -1.75. The van der Waals surface area contributed by atoms with Crippen LogP contribution in [0, 0.1) is 0 Å². The second kappa shape index (κ2) is 5.93. The molecule has 19 heavy (non-hydrogen) atoms. The van der Waals surface area contributed by atoms with Crippen LogP contribution in [0.4, 0.5) is 5.69 Å². The van der Waals surface area contributed by atoms with Gasteiger partial charge in [0.05, 0.1) is 5.56 Å². The molecule has 0 aromatic heterocycles. The molecule has 0 atom stereocenters. The van der Waals surface area contributed by atoms with E-state index in [1.54, 1.807) is 12.1 Å². The van der Waals surface area contributed by atoms with Crippen molar-refractivity contribution in [3.8, 4) is 5.75 Å². The van der Waals surface area contributed by atoms with Crippen molar-refractivity contribution in [2.75, 3.05) is 38.1 Å². The number of nitrogens with two attached hydrogens (primary N) is 1. The number of carbonyl (C=O) groups excluding carboxylic acids is 1. The average molecular weight is 263 g/mol. The Balaban J connectivity index is 1.99. The van der Waals surface area contributed by atoms with E-state index in [1.807, 2.05) is 7.05 Å². The quantitative estimate of drug-likeness (QED) is 0.832. The SMILES string of the molecule is CN(CCN1CCCC1)c1ccc(O)c(C(N)=O)c1. The summed E-state index contributed by atoms with van der Waals surface area (Å²) in [5.41, 5.74) is 6.30. The van der Waals surface area contributed by atoms with E-state index in [0.29, 0.717) is 0 Å². The van der Waals surface area contributed by atoms with Crippen molar-refractivity contribution < 1.29 is 9.90 Å². The summed E-state index contributed by atoms with van der Waals surface area (Å²) < 4.78 is 0. The van der Waals surface area contributed by atoms with Gasteiger partial charge in [0, 0.05) is 25.8 Å². The first kappa shape index (κ1) is 13.7. The fourth-order valence-electron chi connectivity index (χ4n) is 2.39. The van der Waals surface area contributed by atoms with Gasteiger partial charge in [-0.3, -0.25) is 4.79 Å². The highest BCUT2D eigenvalue weighted by Gasteiger charge is 2.13. The lowest BCUT2D eigenvalue weighted by molar-refractivity contribution is 0.0998. The first-order valence-corrected chi connectivity index (χ1v) is 6.64. The number of likely N-dealkylation sites (N-methyl/N-ethyl adjacent to an activating group) is 1. The number of phenols is 1. The summed E-state index contributed by atoms with van der Waals surface area (Å²) in [5, 5.41) is 9.56. The van der Waals surface area contributed by atoms with E-state index >= 15 is 0 Å². The van der Waals surface area contributed by atoms with E-state index in [0.717, 1.165) is 18.8 Å². The molecule has 1 aliphatic heterocycles. The molecule has 0 radical (unpaired) electrons. The van der Waals surface area contributed by atoms with Gasteiger partial charge >= 0.3 is 0 Å². The number of hydrogen-bond acceptors (Lipinski definition) is 4. The lowest BCUT2D eigenvalue weighted by Gasteiger charge is -2.23. The van der Waals surface area contributed by atoms with Crippen LogP contribution in [0.1, 0.15) is 23.2 Å². The molecular weight excluding hydrogens is 242 g/mol. The maximum Gasteiger partial charge on any atom is 0.252 e. The number of amides is 1. The Labute approximate surface area is 113 Å². The molecular formula is C14H21N3O2. The van der Waals surface area contributed by atoms with Crippen LogP contribution in [-0.2, 0) is 0 Å². The second-order valence-electron chi connectivity index (χ2n) is 5.04. The standard InChI is InChI=1S/C14H21N3O2/c1-16(8-9-17-6-2-3-7-17)11-4-5-13(18)12(10-11)14(15)19/h4-5,10,18H,2-3,6-9H2,1H3,(H2,15,19). The Morgan fingerprint density at radius 2 is 2.11 bits per heavy atom. The predicted octanol–water partition coefficient (Wildman–Crippen LogP) is 1.02. The summed E-state index contributed by atoms with van der Waals surface area (Å²) in [7, 11) is 1.98. The zero-order chi connectivity index (χ0) is 13.8. The van der Waals surface area contributed by atoms with E-state index in [4.69, 9.17) is 5.73 Å². The number of benzene rings is 1. The predicted molar refractivity (Wildman–Crippen MR) is 75.6 cm³/mol. The number of anilines is 1. The summed E-state index contributed by atoms with van der Waals surface area (Å²) in [6.45, 7) is 4.26. The lowest BCUT2D eigenvalue weighted by atomic mass is 10.1. The molecule has 0 saturated carbocycles. The monoisotopic (exact) mass is 263 g/mol. The molecule has 5 heteroatoms. The number of hydrogen-bond donors (Lipinski definition) is 2. The van der Waals surface area contributed by atoms with Crippen LogP contribution in [0.5, 0.6) is 5.75 Å². The molecule has 0 aliphatic carbocycles. The highest BCUT2D eigenvalue weighted by molar-refractivity contribution is 5.96. The van der Waals surface area contributed by atoms with Gasteiger partial charge in [-0.2, -0.15) is 0 Å². The smallest absolute Gasteiger partial charge is 0.252 e. The number of primary amides is 1. The van der Waals surface area contributed by atoms with Gasteiger partial charge in [-0.1, -0.05) is 0 Å². The van der Waals surface area contributed by atoms with Gasteiger partial charge in [-0.05, 0) is 44.1 Å². The normalized spacial score (nSPS) is 15.6. The van der Waals surface area contributed by atoms with Crippen molar-refractivity contribution in [1.82, 2.24) is 4.90 Å². The van der Waals surface area contributed by atoms with Crippen molar-refractivity contribution in [3.63, 3.8) is 0 Å². The molecule has 1 aromatic carbocycles. The fraction of sp³-hybridized carbons (Fsp3) is 0.500. The zero-order valence-electron chi connectivity index (χ0n) is 11.3. The number of nitrogens with zero attached hydrogens (tertiary/aromatic N) is 2. The molecule has 104 valence electrons. The van der Waals surface area contributed by atoms with Gasteiger partial charge in [-0.25, -0.2) is 0 Å². The van der Waals surface area contributed by atoms with Crippen LogP contribution in [0.3, 0.4) is 0 Å². The maximum atomic E-state index is 11.2. The van der Waals surface area contributed by atoms with Crippen LogP contribution >= 0.6 is 0 Å². The fourth-order valence-corrected chi connectivity index (χ4v) is 2.39. The van der Waals surface area contributed by atoms with Gasteiger partial charge in [0.15, 0.2) is 0 Å². The van der Waals surface area contributed by atoms with Gasteiger partial charge < -0.3 is 20.6 Å². The van der Waals surface area contributed by atoms with Crippen molar-refractivity contribution >= 4 is 11.6 Å². The van der Waals surface area contributed by atoms with E-state index in [9.17, 15) is 9.90 Å². The molecule has 1 aliphatic rings. The molecule has 2 rings (SSSR count). The Morgan fingerprint density at radius 3 is 2.74 bits per heavy atom. The van der Waals surface area contributed by atoms with Crippen molar-refractivity contribution in [1.29, 1.82) is 0 Å². The van der Waals surface area contributed by atoms with Gasteiger partial charge in [-0.15, -0.1) is 0 Å². The van der Waals surface area contributed by atoms with Crippen molar-refractivity contribution in [3.05, 3.63) is 23.8 Å². The lowest BCUT2D eigenvalue weighted by Crippen LogP contribution is -2.31. The average Bonchev–Trinajstić information content (AvgIpc) is 2.89. The number of aromatic hydroxyl groups is 1. The molecule has 0 unspecified atom stereocenters. The van der Waals surface area contributed by atoms with Gasteiger partial charge in [0.1, 0.15) is 5.75 Å². The third-order valence-corrected chi connectivity index (χ3v) is 3.64. The summed E-state index contributed by atoms with van der Waals surface area (Å²) in [6.07, 6.45) is 2.57. The van der Waals surface area contributed by atoms with E-state index in [1.165, 1.54) is 32.0 Å². The molecule has 1 amide bonds. The molecule has 0 bridgehead atoms. The van der Waals surface area contributed by atoms with Gasteiger partial charge in [0.25, 0.3) is 5.91 Å². The first-order valence-electron chi connectivity index (χ1n) is 6.64. The van der Waals surface area contributed by atoms with Gasteiger partial charge in [0.2, 0.25) is 0 Å². The minimum absolute atomic E-state index is 0.0656. The number of carbonyl (C=O) groups is 1.